The summed E-state index contributed by atoms with van der Waals surface area (Å²) in [6, 6.07) is -0.624. The smallest absolute Gasteiger partial charge is 0.220 e. The van der Waals surface area contributed by atoms with Crippen molar-refractivity contribution in [2.45, 2.75) is 257 Å². The first-order valence-electron chi connectivity index (χ1n) is 22.6. The Morgan fingerprint density at radius 3 is 1.10 bits per heavy atom. The number of hydrogen-bond donors (Lipinski definition) is 3. The Labute approximate surface area is 313 Å². The largest absolute Gasteiger partial charge is 0.394 e. The van der Waals surface area contributed by atoms with Gasteiger partial charge in [-0.25, -0.2) is 0 Å². The third-order valence-corrected chi connectivity index (χ3v) is 10.4. The second kappa shape index (κ2) is 42.3. The van der Waals surface area contributed by atoms with E-state index < -0.39 is 12.1 Å². The fourth-order valence-electron chi connectivity index (χ4n) is 6.94. The third-order valence-electron chi connectivity index (χ3n) is 10.4. The molecule has 0 aromatic carbocycles. The van der Waals surface area contributed by atoms with Gasteiger partial charge in [0.25, 0.3) is 0 Å². The van der Waals surface area contributed by atoms with Crippen molar-refractivity contribution >= 4 is 5.91 Å². The van der Waals surface area contributed by atoms with E-state index in [4.69, 9.17) is 0 Å². The highest BCUT2D eigenvalue weighted by molar-refractivity contribution is 5.76. The molecule has 2 atom stereocenters. The molecule has 296 valence electrons. The Bertz CT molecular complexity index is 720. The van der Waals surface area contributed by atoms with Crippen molar-refractivity contribution in [2.75, 3.05) is 6.61 Å². The molecular weight excluding hydrogens is 615 g/mol. The van der Waals surface area contributed by atoms with Crippen molar-refractivity contribution in [2.24, 2.45) is 0 Å². The normalized spacial score (nSPS) is 13.1. The molecule has 0 aromatic heterocycles. The molecule has 0 fully saturated rings. The highest BCUT2D eigenvalue weighted by Gasteiger charge is 2.17. The van der Waals surface area contributed by atoms with Gasteiger partial charge in [-0.1, -0.05) is 218 Å². The standard InChI is InChI=1S/C46H89NO3/c1-3-5-7-9-11-13-15-17-19-21-23-24-25-27-29-31-33-35-37-39-41-45(49)44(43-48)47-46(50)42-40-38-36-34-32-30-28-26-22-20-18-16-14-12-10-8-6-4-2/h26,28,39,41,44-45,48-49H,3-25,27,29-38,40,42-43H2,1-2H3,(H,47,50)/b28-26-,41-39+. The maximum Gasteiger partial charge on any atom is 0.220 e. The van der Waals surface area contributed by atoms with E-state index in [-0.39, 0.29) is 12.5 Å². The summed E-state index contributed by atoms with van der Waals surface area (Å²) >= 11 is 0. The van der Waals surface area contributed by atoms with Crippen molar-refractivity contribution in [1.82, 2.24) is 5.32 Å². The number of aliphatic hydroxyl groups is 2. The molecule has 4 nitrogen and oxygen atoms in total. The lowest BCUT2D eigenvalue weighted by Crippen LogP contribution is -2.45. The van der Waals surface area contributed by atoms with Gasteiger partial charge in [-0.2, -0.15) is 0 Å². The summed E-state index contributed by atoms with van der Waals surface area (Å²) in [5.74, 6) is -0.0700. The molecule has 50 heavy (non-hydrogen) atoms. The average molecular weight is 704 g/mol. The zero-order valence-electron chi connectivity index (χ0n) is 33.9. The van der Waals surface area contributed by atoms with Crippen LogP contribution in [-0.2, 0) is 4.79 Å². The second-order valence-corrected chi connectivity index (χ2v) is 15.5. The topological polar surface area (TPSA) is 69.6 Å². The molecule has 0 aromatic rings. The maximum absolute atomic E-state index is 12.4. The Morgan fingerprint density at radius 1 is 0.460 bits per heavy atom. The number of nitrogens with one attached hydrogen (secondary N) is 1. The Morgan fingerprint density at radius 2 is 0.760 bits per heavy atom. The Kier molecular flexibility index (Phi) is 41.3. The van der Waals surface area contributed by atoms with Crippen LogP contribution in [0.4, 0.5) is 0 Å². The summed E-state index contributed by atoms with van der Waals surface area (Å²) in [7, 11) is 0. The SMILES string of the molecule is CCCCCCCCCCC/C=C\CCCCCCCC(=O)NC(CO)C(O)/C=C/CCCCCCCCCCCCCCCCCCCC. The van der Waals surface area contributed by atoms with E-state index >= 15 is 0 Å². The average Bonchev–Trinajstić information content (AvgIpc) is 3.12. The molecule has 0 heterocycles. The minimum absolute atomic E-state index is 0.0700. The van der Waals surface area contributed by atoms with Gasteiger partial charge in [-0.15, -0.1) is 0 Å². The van der Waals surface area contributed by atoms with Crippen LogP contribution in [0.3, 0.4) is 0 Å². The van der Waals surface area contributed by atoms with Crippen LogP contribution in [-0.4, -0.2) is 34.9 Å². The van der Waals surface area contributed by atoms with E-state index in [1.807, 2.05) is 6.08 Å². The first kappa shape index (κ1) is 48.9. The number of aliphatic hydroxyl groups excluding tert-OH is 2. The molecule has 0 aliphatic heterocycles. The van der Waals surface area contributed by atoms with Crippen LogP contribution < -0.4 is 5.32 Å². The van der Waals surface area contributed by atoms with Crippen molar-refractivity contribution in [3.05, 3.63) is 24.3 Å². The van der Waals surface area contributed by atoms with E-state index in [0.29, 0.717) is 6.42 Å². The van der Waals surface area contributed by atoms with Crippen LogP contribution in [0.15, 0.2) is 24.3 Å². The number of amides is 1. The highest BCUT2D eigenvalue weighted by Crippen LogP contribution is 2.15. The first-order chi connectivity index (χ1) is 24.7. The van der Waals surface area contributed by atoms with E-state index in [2.05, 4.69) is 31.3 Å². The van der Waals surface area contributed by atoms with Gasteiger partial charge in [0.05, 0.1) is 18.8 Å². The fourth-order valence-corrected chi connectivity index (χ4v) is 6.94. The number of rotatable bonds is 41. The Hall–Kier alpha value is -1.13. The number of hydrogen-bond acceptors (Lipinski definition) is 3. The summed E-state index contributed by atoms with van der Waals surface area (Å²) < 4.78 is 0. The van der Waals surface area contributed by atoms with E-state index in [1.165, 1.54) is 193 Å². The van der Waals surface area contributed by atoms with Gasteiger partial charge < -0.3 is 15.5 Å². The summed E-state index contributed by atoms with van der Waals surface area (Å²) in [4.78, 5) is 12.4. The zero-order valence-corrected chi connectivity index (χ0v) is 33.9. The lowest BCUT2D eigenvalue weighted by molar-refractivity contribution is -0.123. The van der Waals surface area contributed by atoms with Crippen molar-refractivity contribution in [3.63, 3.8) is 0 Å². The summed E-state index contributed by atoms with van der Waals surface area (Å²) in [5.41, 5.74) is 0. The van der Waals surface area contributed by atoms with Gasteiger partial charge >= 0.3 is 0 Å². The van der Waals surface area contributed by atoms with E-state index in [1.54, 1.807) is 6.08 Å². The van der Waals surface area contributed by atoms with Crippen LogP contribution in [0.5, 0.6) is 0 Å². The zero-order chi connectivity index (χ0) is 36.4. The van der Waals surface area contributed by atoms with Crippen molar-refractivity contribution < 1.29 is 15.0 Å². The summed E-state index contributed by atoms with van der Waals surface area (Å²) in [5, 5.41) is 23.0. The molecule has 0 bridgehead atoms. The molecule has 0 spiro atoms. The van der Waals surface area contributed by atoms with Gasteiger partial charge in [0, 0.05) is 6.42 Å². The Balaban J connectivity index is 3.56. The fraction of sp³-hybridized carbons (Fsp3) is 0.891. The monoisotopic (exact) mass is 704 g/mol. The number of unbranched alkanes of at least 4 members (excludes halogenated alkanes) is 32. The molecule has 3 N–H and O–H groups in total. The molecule has 0 aliphatic rings. The number of allylic oxidation sites excluding steroid dienone is 3. The highest BCUT2D eigenvalue weighted by atomic mass is 16.3. The minimum atomic E-state index is -0.840. The first-order valence-corrected chi connectivity index (χ1v) is 22.6. The molecule has 0 aliphatic carbocycles. The molecule has 0 saturated heterocycles. The summed E-state index contributed by atoms with van der Waals surface area (Å²) in [6.45, 7) is 4.32. The van der Waals surface area contributed by atoms with Gasteiger partial charge in [-0.05, 0) is 44.9 Å². The molecule has 1 amide bonds. The summed E-state index contributed by atoms with van der Waals surface area (Å²) in [6.07, 6.45) is 54.3. The molecular formula is C46H89NO3. The van der Waals surface area contributed by atoms with Crippen molar-refractivity contribution in [3.8, 4) is 0 Å². The van der Waals surface area contributed by atoms with Gasteiger partial charge in [0.15, 0.2) is 0 Å². The lowest BCUT2D eigenvalue weighted by atomic mass is 10.0. The second-order valence-electron chi connectivity index (χ2n) is 15.5. The van der Waals surface area contributed by atoms with Crippen LogP contribution >= 0.6 is 0 Å². The van der Waals surface area contributed by atoms with Crippen LogP contribution in [0.1, 0.15) is 245 Å². The van der Waals surface area contributed by atoms with E-state index in [9.17, 15) is 15.0 Å². The van der Waals surface area contributed by atoms with Crippen LogP contribution in [0, 0.1) is 0 Å². The molecule has 0 radical (unpaired) electrons. The van der Waals surface area contributed by atoms with Gasteiger partial charge in [-0.3, -0.25) is 4.79 Å². The van der Waals surface area contributed by atoms with E-state index in [0.717, 1.165) is 32.1 Å². The van der Waals surface area contributed by atoms with Gasteiger partial charge in [0.2, 0.25) is 5.91 Å². The molecule has 0 saturated carbocycles. The van der Waals surface area contributed by atoms with Crippen LogP contribution in [0.25, 0.3) is 0 Å². The molecule has 0 rings (SSSR count). The number of carbonyl (C=O) groups excluding carboxylic acids is 1. The third kappa shape index (κ3) is 38.1. The molecule has 4 heteroatoms. The lowest BCUT2D eigenvalue weighted by Gasteiger charge is -2.20. The van der Waals surface area contributed by atoms with Crippen molar-refractivity contribution in [1.29, 1.82) is 0 Å². The van der Waals surface area contributed by atoms with Crippen LogP contribution in [0.2, 0.25) is 0 Å². The molecule has 2 unspecified atom stereocenters. The van der Waals surface area contributed by atoms with Gasteiger partial charge in [0.1, 0.15) is 0 Å². The predicted octanol–water partition coefficient (Wildman–Crippen LogP) is 14.0. The number of carbonyl (C=O) groups is 1. The minimum Gasteiger partial charge on any atom is -0.394 e. The predicted molar refractivity (Wildman–Crippen MR) is 221 cm³/mol. The maximum atomic E-state index is 12.4. The quantitative estimate of drug-likeness (QED) is 0.0438.